The Morgan fingerprint density at radius 3 is 2.05 bits per heavy atom. The van der Waals surface area contributed by atoms with E-state index in [0.717, 1.165) is 11.1 Å². The minimum absolute atomic E-state index is 0.0382. The number of hydrogen-bond donors (Lipinski definition) is 0. The fourth-order valence-corrected chi connectivity index (χ4v) is 4.94. The van der Waals surface area contributed by atoms with Crippen molar-refractivity contribution in [3.05, 3.63) is 106 Å². The van der Waals surface area contributed by atoms with Crippen LogP contribution in [0.15, 0.2) is 83.9 Å². The number of fused-ring (bicyclic) bond motifs is 1. The van der Waals surface area contributed by atoms with E-state index in [0.29, 0.717) is 29.3 Å². The molecule has 3 atom stereocenters. The topological polar surface area (TPSA) is 80.3 Å². The van der Waals surface area contributed by atoms with Crippen molar-refractivity contribution in [2.24, 2.45) is 0 Å². The number of ketones is 2. The van der Waals surface area contributed by atoms with E-state index in [2.05, 4.69) is 0 Å². The number of Topliss-reactive ketones (excluding diaryl/α,β-unsaturated/α-hetero) is 2. The summed E-state index contributed by atoms with van der Waals surface area (Å²) < 4.78 is 29.1. The molecule has 2 aliphatic rings. The van der Waals surface area contributed by atoms with Crippen LogP contribution in [0.3, 0.4) is 0 Å². The predicted octanol–water partition coefficient (Wildman–Crippen LogP) is 5.32. The first kappa shape index (κ1) is 25.9. The highest BCUT2D eigenvalue weighted by atomic mass is 16.7. The number of carbonyl (C=O) groups is 2. The molecule has 0 amide bonds. The van der Waals surface area contributed by atoms with Crippen molar-refractivity contribution in [3.63, 3.8) is 0 Å². The van der Waals surface area contributed by atoms with E-state index >= 15 is 0 Å². The Balaban J connectivity index is 1.56. The average Bonchev–Trinajstić information content (AvgIpc) is 2.93. The van der Waals surface area contributed by atoms with Crippen molar-refractivity contribution >= 4 is 11.6 Å². The summed E-state index contributed by atoms with van der Waals surface area (Å²) in [4.78, 5) is 28.0. The number of benzene rings is 3. The van der Waals surface area contributed by atoms with Gasteiger partial charge < -0.3 is 23.7 Å². The van der Waals surface area contributed by atoms with Crippen molar-refractivity contribution in [3.8, 4) is 11.5 Å². The van der Waals surface area contributed by atoms with Crippen LogP contribution in [0.5, 0.6) is 11.5 Å². The van der Waals surface area contributed by atoms with Gasteiger partial charge in [-0.3, -0.25) is 9.59 Å². The van der Waals surface area contributed by atoms with Crippen molar-refractivity contribution < 1.29 is 33.3 Å². The van der Waals surface area contributed by atoms with Crippen LogP contribution in [0.4, 0.5) is 0 Å². The number of rotatable bonds is 9. The monoisotopic (exact) mass is 514 g/mol. The Morgan fingerprint density at radius 1 is 0.789 bits per heavy atom. The molecule has 0 unspecified atom stereocenters. The maximum absolute atomic E-state index is 14.0. The van der Waals surface area contributed by atoms with E-state index in [4.69, 9.17) is 23.7 Å². The third-order valence-electron chi connectivity index (χ3n) is 6.71. The second-order valence-electron chi connectivity index (χ2n) is 9.36. The molecular formula is C31H30O7. The van der Waals surface area contributed by atoms with Gasteiger partial charge in [0.15, 0.2) is 11.6 Å². The lowest BCUT2D eigenvalue weighted by molar-refractivity contribution is -0.125. The molecule has 0 saturated heterocycles. The summed E-state index contributed by atoms with van der Waals surface area (Å²) in [6.45, 7) is 4.09. The van der Waals surface area contributed by atoms with Crippen molar-refractivity contribution in [2.45, 2.75) is 45.4 Å². The third-order valence-corrected chi connectivity index (χ3v) is 6.71. The quantitative estimate of drug-likeness (QED) is 0.358. The summed E-state index contributed by atoms with van der Waals surface area (Å²) >= 11 is 0. The van der Waals surface area contributed by atoms with Crippen LogP contribution in [0.2, 0.25) is 0 Å². The lowest BCUT2D eigenvalue weighted by Gasteiger charge is -2.38. The molecule has 1 aliphatic carbocycles. The van der Waals surface area contributed by atoms with Crippen molar-refractivity contribution in [1.29, 1.82) is 0 Å². The van der Waals surface area contributed by atoms with Gasteiger partial charge in [-0.05, 0) is 31.0 Å². The number of carbonyl (C=O) groups excluding carboxylic acids is 2. The molecule has 5 rings (SSSR count). The first-order valence-corrected chi connectivity index (χ1v) is 12.6. The highest BCUT2D eigenvalue weighted by Crippen LogP contribution is 2.42. The van der Waals surface area contributed by atoms with E-state index in [1.54, 1.807) is 19.1 Å². The first-order chi connectivity index (χ1) is 18.5. The molecule has 3 aromatic carbocycles. The van der Waals surface area contributed by atoms with Crippen LogP contribution in [0, 0.1) is 0 Å². The van der Waals surface area contributed by atoms with Gasteiger partial charge in [-0.25, -0.2) is 0 Å². The fraction of sp³-hybridized carbons (Fsp3) is 0.290. The maximum atomic E-state index is 14.0. The summed E-state index contributed by atoms with van der Waals surface area (Å²) in [5.74, 6) is 0.119. The fourth-order valence-electron chi connectivity index (χ4n) is 4.94. The molecule has 0 fully saturated rings. The van der Waals surface area contributed by atoms with E-state index in [1.807, 2.05) is 67.6 Å². The molecule has 0 bridgehead atoms. The summed E-state index contributed by atoms with van der Waals surface area (Å²) in [6, 6.07) is 22.7. The standard InChI is InChI=1S/C31H30O7/c1-19-26-28(31(20(2)38-19)37-18-34-3)29(32)24-14-23(35-16-21-10-6-4-7-11-21)15-25(27(24)30(26)33)36-17-22-12-8-5-9-13-22/h4-15,19-20,31H,16-18H2,1-3H3/t19-,20-,31-/m1/s1. The van der Waals surface area contributed by atoms with E-state index < -0.39 is 18.3 Å². The predicted molar refractivity (Wildman–Crippen MR) is 140 cm³/mol. The molecule has 0 radical (unpaired) electrons. The molecule has 7 nitrogen and oxygen atoms in total. The number of ether oxygens (including phenoxy) is 5. The molecule has 0 N–H and O–H groups in total. The van der Waals surface area contributed by atoms with Crippen LogP contribution >= 0.6 is 0 Å². The van der Waals surface area contributed by atoms with Crippen molar-refractivity contribution in [2.75, 3.05) is 13.9 Å². The molecule has 1 heterocycles. The second kappa shape index (κ2) is 11.3. The summed E-state index contributed by atoms with van der Waals surface area (Å²) in [5, 5.41) is 0. The van der Waals surface area contributed by atoms with Crippen LogP contribution in [0.1, 0.15) is 45.7 Å². The normalized spacial score (nSPS) is 20.7. The van der Waals surface area contributed by atoms with Gasteiger partial charge in [-0.2, -0.15) is 0 Å². The average molecular weight is 515 g/mol. The molecule has 0 saturated carbocycles. The SMILES string of the molecule is COCO[C@H]1C2=C(C(=O)c3c(OCc4ccccc4)cc(OCc4ccccc4)cc3C2=O)[C@@H](C)O[C@@H]1C. The third kappa shape index (κ3) is 5.13. The maximum Gasteiger partial charge on any atom is 0.196 e. The largest absolute Gasteiger partial charge is 0.489 e. The van der Waals surface area contributed by atoms with Crippen LogP contribution in [-0.4, -0.2) is 43.8 Å². The Kier molecular flexibility index (Phi) is 7.69. The Labute approximate surface area is 221 Å². The second-order valence-corrected chi connectivity index (χ2v) is 9.36. The highest BCUT2D eigenvalue weighted by Gasteiger charge is 2.46. The van der Waals surface area contributed by atoms with Gasteiger partial charge in [0.05, 0.1) is 17.8 Å². The molecule has 1 aliphatic heterocycles. The zero-order valence-corrected chi connectivity index (χ0v) is 21.6. The summed E-state index contributed by atoms with van der Waals surface area (Å²) in [7, 11) is 1.50. The van der Waals surface area contributed by atoms with E-state index in [-0.39, 0.29) is 36.1 Å². The van der Waals surface area contributed by atoms with Crippen LogP contribution < -0.4 is 9.47 Å². The summed E-state index contributed by atoms with van der Waals surface area (Å²) in [6.07, 6.45) is -1.76. The lowest BCUT2D eigenvalue weighted by Crippen LogP contribution is -2.46. The molecule has 38 heavy (non-hydrogen) atoms. The minimum Gasteiger partial charge on any atom is -0.489 e. The summed E-state index contributed by atoms with van der Waals surface area (Å²) in [5.41, 5.74) is 2.96. The number of methoxy groups -OCH3 is 1. The van der Waals surface area contributed by atoms with Gasteiger partial charge in [0.25, 0.3) is 0 Å². The van der Waals surface area contributed by atoms with Crippen LogP contribution in [0.25, 0.3) is 0 Å². The van der Waals surface area contributed by atoms with Gasteiger partial charge in [-0.1, -0.05) is 60.7 Å². The minimum atomic E-state index is -0.742. The van der Waals surface area contributed by atoms with Crippen LogP contribution in [-0.2, 0) is 27.4 Å². The van der Waals surface area contributed by atoms with E-state index in [1.165, 1.54) is 7.11 Å². The van der Waals surface area contributed by atoms with Gasteiger partial charge in [0.2, 0.25) is 0 Å². The Morgan fingerprint density at radius 2 is 1.42 bits per heavy atom. The van der Waals surface area contributed by atoms with Gasteiger partial charge in [0, 0.05) is 29.9 Å². The molecule has 7 heteroatoms. The first-order valence-electron chi connectivity index (χ1n) is 12.6. The molecule has 0 aromatic heterocycles. The zero-order chi connectivity index (χ0) is 26.6. The molecule has 3 aromatic rings. The van der Waals surface area contributed by atoms with E-state index in [9.17, 15) is 9.59 Å². The zero-order valence-electron chi connectivity index (χ0n) is 21.6. The number of hydrogen-bond acceptors (Lipinski definition) is 7. The Hall–Kier alpha value is -3.78. The smallest absolute Gasteiger partial charge is 0.196 e. The Bertz CT molecular complexity index is 1350. The highest BCUT2D eigenvalue weighted by molar-refractivity contribution is 6.29. The molecule has 0 spiro atoms. The van der Waals surface area contributed by atoms with Gasteiger partial charge in [-0.15, -0.1) is 0 Å². The molecule has 196 valence electrons. The van der Waals surface area contributed by atoms with Gasteiger partial charge in [0.1, 0.15) is 37.6 Å². The van der Waals surface area contributed by atoms with Gasteiger partial charge >= 0.3 is 0 Å². The molecular weight excluding hydrogens is 484 g/mol. The van der Waals surface area contributed by atoms with Crippen molar-refractivity contribution in [1.82, 2.24) is 0 Å². The lowest BCUT2D eigenvalue weighted by atomic mass is 9.77.